The molecule has 3 unspecified atom stereocenters. The van der Waals surface area contributed by atoms with Gasteiger partial charge in [-0.05, 0) is 75.3 Å². The molecule has 5 atom stereocenters. The van der Waals surface area contributed by atoms with Crippen LogP contribution < -0.4 is 10.2 Å². The Morgan fingerprint density at radius 3 is 2.23 bits per heavy atom. The first kappa shape index (κ1) is 31.3. The van der Waals surface area contributed by atoms with Gasteiger partial charge in [0.2, 0.25) is 0 Å². The van der Waals surface area contributed by atoms with Gasteiger partial charge >= 0.3 is 18.4 Å². The molecule has 6 nitrogen and oxygen atoms in total. The third kappa shape index (κ3) is 6.67. The second kappa shape index (κ2) is 12.1. The van der Waals surface area contributed by atoms with E-state index in [2.05, 4.69) is 24.1 Å². The number of carbonyl (C=O) groups is 1. The Morgan fingerprint density at radius 2 is 1.63 bits per heavy atom. The maximum Gasteiger partial charge on any atom is 0.416 e. The van der Waals surface area contributed by atoms with Gasteiger partial charge in [0.1, 0.15) is 11.9 Å². The molecule has 1 aromatic heterocycles. The van der Waals surface area contributed by atoms with Gasteiger partial charge in [0.25, 0.3) is 0 Å². The van der Waals surface area contributed by atoms with Crippen LogP contribution in [0.4, 0.5) is 42.6 Å². The first-order valence-electron chi connectivity index (χ1n) is 15.0. The van der Waals surface area contributed by atoms with Gasteiger partial charge in [0, 0.05) is 24.2 Å². The van der Waals surface area contributed by atoms with E-state index in [0.717, 1.165) is 56.3 Å². The Morgan fingerprint density at radius 1 is 0.953 bits per heavy atom. The second-order valence-corrected chi connectivity index (χ2v) is 12.1. The van der Waals surface area contributed by atoms with Crippen molar-refractivity contribution < 1.29 is 35.9 Å². The molecule has 1 amide bonds. The lowest BCUT2D eigenvalue weighted by Crippen LogP contribution is -2.35. The van der Waals surface area contributed by atoms with Gasteiger partial charge in [0.15, 0.2) is 0 Å². The molecule has 1 N–H and O–H groups in total. The molecule has 3 aliphatic rings. The van der Waals surface area contributed by atoms with Crippen molar-refractivity contribution >= 4 is 17.6 Å². The highest BCUT2D eigenvalue weighted by Crippen LogP contribution is 2.42. The fraction of sp³-hybridized carbons (Fsp3) is 0.613. The molecule has 2 aromatic rings. The molecule has 0 bridgehead atoms. The SMILES string of the molecule is CCC1CCCCC1Nc1ncc(N2CCCC2C)cc1CN1C(=O)O[C@H](c2cc(C(F)(F)F)cc(C(F)(F)F)c2)[C@@H]1C. The van der Waals surface area contributed by atoms with Crippen molar-refractivity contribution in [1.29, 1.82) is 0 Å². The average molecular weight is 613 g/mol. The number of pyridine rings is 1. The van der Waals surface area contributed by atoms with E-state index in [-0.39, 0.29) is 24.2 Å². The Kier molecular flexibility index (Phi) is 8.77. The topological polar surface area (TPSA) is 57.7 Å². The summed E-state index contributed by atoms with van der Waals surface area (Å²) < 4.78 is 86.7. The normalized spacial score (nSPS) is 26.6. The minimum Gasteiger partial charge on any atom is -0.439 e. The summed E-state index contributed by atoms with van der Waals surface area (Å²) in [5, 5.41) is 3.62. The zero-order chi connectivity index (χ0) is 31.1. The first-order chi connectivity index (χ1) is 20.3. The van der Waals surface area contributed by atoms with Gasteiger partial charge in [0.05, 0.1) is 35.6 Å². The van der Waals surface area contributed by atoms with Crippen LogP contribution in [0.25, 0.3) is 0 Å². The number of ether oxygens (including phenoxy) is 1. The summed E-state index contributed by atoms with van der Waals surface area (Å²) in [6, 6.07) is 3.02. The first-order valence-corrected chi connectivity index (χ1v) is 15.0. The zero-order valence-corrected chi connectivity index (χ0v) is 24.6. The minimum absolute atomic E-state index is 0.0382. The fourth-order valence-electron chi connectivity index (χ4n) is 6.77. The lowest BCUT2D eigenvalue weighted by Gasteiger charge is -2.33. The lowest BCUT2D eigenvalue weighted by atomic mass is 9.83. The van der Waals surface area contributed by atoms with Gasteiger partial charge in [-0.2, -0.15) is 26.3 Å². The number of rotatable bonds is 7. The van der Waals surface area contributed by atoms with E-state index in [4.69, 9.17) is 9.72 Å². The number of amides is 1. The van der Waals surface area contributed by atoms with Crippen molar-refractivity contribution in [2.24, 2.45) is 5.92 Å². The van der Waals surface area contributed by atoms with Gasteiger partial charge < -0.3 is 15.0 Å². The number of hydrogen-bond donors (Lipinski definition) is 1. The molecule has 0 spiro atoms. The fourth-order valence-corrected chi connectivity index (χ4v) is 6.77. The van der Waals surface area contributed by atoms with Crippen LogP contribution in [0, 0.1) is 5.92 Å². The summed E-state index contributed by atoms with van der Waals surface area (Å²) in [7, 11) is 0. The van der Waals surface area contributed by atoms with E-state index in [0.29, 0.717) is 29.9 Å². The van der Waals surface area contributed by atoms with Crippen LogP contribution in [0.2, 0.25) is 0 Å². The summed E-state index contributed by atoms with van der Waals surface area (Å²) in [5.41, 5.74) is -1.61. The monoisotopic (exact) mass is 612 g/mol. The van der Waals surface area contributed by atoms with Gasteiger partial charge in [-0.15, -0.1) is 0 Å². The van der Waals surface area contributed by atoms with Crippen molar-refractivity contribution in [2.75, 3.05) is 16.8 Å². The zero-order valence-electron chi connectivity index (χ0n) is 24.6. The molecular formula is C31H38F6N4O2. The smallest absolute Gasteiger partial charge is 0.416 e. The average Bonchev–Trinajstić information content (AvgIpc) is 3.51. The Hall–Kier alpha value is -3.18. The minimum atomic E-state index is -5.00. The number of cyclic esters (lactones) is 1. The predicted octanol–water partition coefficient (Wildman–Crippen LogP) is 8.57. The summed E-state index contributed by atoms with van der Waals surface area (Å²) in [6.45, 7) is 6.79. The molecule has 43 heavy (non-hydrogen) atoms. The van der Waals surface area contributed by atoms with Crippen molar-refractivity contribution in [3.63, 3.8) is 0 Å². The number of benzene rings is 1. The predicted molar refractivity (Wildman–Crippen MR) is 151 cm³/mol. The number of halogens is 6. The van der Waals surface area contributed by atoms with E-state index in [9.17, 15) is 31.1 Å². The third-order valence-electron chi connectivity index (χ3n) is 9.26. The molecular weight excluding hydrogens is 574 g/mol. The number of anilines is 2. The number of carbonyl (C=O) groups excluding carboxylic acids is 1. The van der Waals surface area contributed by atoms with Crippen LogP contribution in [0.15, 0.2) is 30.5 Å². The van der Waals surface area contributed by atoms with Crippen molar-refractivity contribution in [3.05, 3.63) is 52.7 Å². The molecule has 3 fully saturated rings. The Bertz CT molecular complexity index is 1280. The number of aromatic nitrogens is 1. The molecule has 3 heterocycles. The Balaban J connectivity index is 1.46. The quantitative estimate of drug-likeness (QED) is 0.318. The van der Waals surface area contributed by atoms with Gasteiger partial charge in [-0.1, -0.05) is 26.2 Å². The summed E-state index contributed by atoms with van der Waals surface area (Å²) in [5.74, 6) is 1.10. The standard InChI is InChI=1S/C31H38F6N4O2/c1-4-20-9-5-6-10-26(20)39-28-22(14-25(16-38-28)40-11-7-8-18(40)2)17-41-19(3)27(43-29(41)42)21-12-23(30(32,33)34)15-24(13-21)31(35,36)37/h12-16,18-20,26-27H,4-11,17H2,1-3H3,(H,38,39)/t18?,19-,20?,26?,27-/m0/s1. The molecule has 1 saturated carbocycles. The van der Waals surface area contributed by atoms with Crippen LogP contribution in [0.5, 0.6) is 0 Å². The van der Waals surface area contributed by atoms with Crippen molar-refractivity contribution in [3.8, 4) is 0 Å². The molecule has 0 radical (unpaired) electrons. The van der Waals surface area contributed by atoms with Crippen LogP contribution in [0.3, 0.4) is 0 Å². The van der Waals surface area contributed by atoms with E-state index in [1.54, 1.807) is 6.92 Å². The molecule has 1 aromatic carbocycles. The molecule has 236 valence electrons. The molecule has 2 saturated heterocycles. The second-order valence-electron chi connectivity index (χ2n) is 12.1. The third-order valence-corrected chi connectivity index (χ3v) is 9.26. The molecule has 5 rings (SSSR count). The number of alkyl halides is 6. The molecule has 12 heteroatoms. The highest BCUT2D eigenvalue weighted by Gasteiger charge is 2.43. The molecule has 1 aliphatic carbocycles. The largest absolute Gasteiger partial charge is 0.439 e. The highest BCUT2D eigenvalue weighted by atomic mass is 19.4. The number of nitrogens with one attached hydrogen (secondary N) is 1. The Labute approximate surface area is 247 Å². The van der Waals surface area contributed by atoms with Crippen LogP contribution in [0.1, 0.15) is 94.1 Å². The number of hydrogen-bond acceptors (Lipinski definition) is 5. The van der Waals surface area contributed by atoms with Crippen LogP contribution >= 0.6 is 0 Å². The van der Waals surface area contributed by atoms with E-state index in [1.165, 1.54) is 11.3 Å². The summed E-state index contributed by atoms with van der Waals surface area (Å²) >= 11 is 0. The maximum atomic E-state index is 13.5. The van der Waals surface area contributed by atoms with Gasteiger partial charge in [-0.3, -0.25) is 4.90 Å². The highest BCUT2D eigenvalue weighted by molar-refractivity contribution is 5.72. The van der Waals surface area contributed by atoms with E-state index < -0.39 is 41.7 Å². The van der Waals surface area contributed by atoms with E-state index >= 15 is 0 Å². The van der Waals surface area contributed by atoms with Crippen LogP contribution in [-0.4, -0.2) is 40.6 Å². The van der Waals surface area contributed by atoms with Crippen molar-refractivity contribution in [1.82, 2.24) is 9.88 Å². The number of nitrogens with zero attached hydrogens (tertiary/aromatic N) is 3. The van der Waals surface area contributed by atoms with Crippen molar-refractivity contribution in [2.45, 2.75) is 109 Å². The van der Waals surface area contributed by atoms with Crippen LogP contribution in [-0.2, 0) is 23.6 Å². The van der Waals surface area contributed by atoms with E-state index in [1.807, 2.05) is 12.3 Å². The summed E-state index contributed by atoms with van der Waals surface area (Å²) in [6.07, 6.45) is -2.82. The van der Waals surface area contributed by atoms with Gasteiger partial charge in [-0.25, -0.2) is 9.78 Å². The summed E-state index contributed by atoms with van der Waals surface area (Å²) in [4.78, 5) is 21.5. The maximum absolute atomic E-state index is 13.5. The lowest BCUT2D eigenvalue weighted by molar-refractivity contribution is -0.143. The molecule has 2 aliphatic heterocycles.